The molecule has 0 radical (unpaired) electrons. The van der Waals surface area contributed by atoms with Crippen LogP contribution in [0.1, 0.15) is 31.9 Å². The maximum Gasteiger partial charge on any atom is 0.227 e. The van der Waals surface area contributed by atoms with Crippen LogP contribution in [0, 0.1) is 5.92 Å². The number of halogens is 1. The fraction of sp³-hybridized carbons (Fsp3) is 0.500. The highest BCUT2D eigenvalue weighted by molar-refractivity contribution is 5.85. The number of amides is 1. The summed E-state index contributed by atoms with van der Waals surface area (Å²) in [6.07, 6.45) is 0.968. The standard InChI is InChI=1S/C14H22N2O.ClH/c1-4-10-16(3)14(17)11(2)13(15)12-8-6-5-7-9-12;/h5-9,11,13H,4,10,15H2,1-3H3;1H. The Morgan fingerprint density at radius 3 is 2.39 bits per heavy atom. The van der Waals surface area contributed by atoms with Crippen LogP contribution < -0.4 is 5.73 Å². The van der Waals surface area contributed by atoms with E-state index in [1.165, 1.54) is 0 Å². The molecule has 0 heterocycles. The average molecular weight is 271 g/mol. The Morgan fingerprint density at radius 1 is 1.33 bits per heavy atom. The first-order chi connectivity index (χ1) is 8.07. The minimum atomic E-state index is -0.233. The lowest BCUT2D eigenvalue weighted by atomic mass is 9.94. The molecule has 2 atom stereocenters. The monoisotopic (exact) mass is 270 g/mol. The van der Waals surface area contributed by atoms with Gasteiger partial charge in [0.2, 0.25) is 5.91 Å². The fourth-order valence-corrected chi connectivity index (χ4v) is 1.91. The smallest absolute Gasteiger partial charge is 0.227 e. The Kier molecular flexibility index (Phi) is 7.64. The molecule has 0 aliphatic carbocycles. The summed E-state index contributed by atoms with van der Waals surface area (Å²) in [4.78, 5) is 13.9. The number of hydrogen-bond donors (Lipinski definition) is 1. The third kappa shape index (κ3) is 4.31. The van der Waals surface area contributed by atoms with Gasteiger partial charge in [-0.25, -0.2) is 0 Å². The van der Waals surface area contributed by atoms with Crippen LogP contribution in [0.4, 0.5) is 0 Å². The van der Waals surface area contributed by atoms with Crippen LogP contribution >= 0.6 is 12.4 Å². The van der Waals surface area contributed by atoms with Crippen LogP contribution in [0.2, 0.25) is 0 Å². The summed E-state index contributed by atoms with van der Waals surface area (Å²) in [6, 6.07) is 9.54. The van der Waals surface area contributed by atoms with Gasteiger partial charge in [0.15, 0.2) is 0 Å². The van der Waals surface area contributed by atoms with Crippen molar-refractivity contribution in [2.24, 2.45) is 11.7 Å². The van der Waals surface area contributed by atoms with Crippen molar-refractivity contribution in [1.29, 1.82) is 0 Å². The van der Waals surface area contributed by atoms with Crippen LogP contribution in [0.5, 0.6) is 0 Å². The third-order valence-electron chi connectivity index (χ3n) is 3.05. The van der Waals surface area contributed by atoms with Gasteiger partial charge in [-0.05, 0) is 12.0 Å². The Bertz CT molecular complexity index is 356. The molecule has 1 amide bonds. The van der Waals surface area contributed by atoms with Crippen molar-refractivity contribution in [2.75, 3.05) is 13.6 Å². The number of hydrogen-bond acceptors (Lipinski definition) is 2. The molecule has 0 bridgehead atoms. The molecule has 0 aromatic heterocycles. The lowest BCUT2D eigenvalue weighted by Gasteiger charge is -2.25. The second-order valence-electron chi connectivity index (χ2n) is 4.48. The summed E-state index contributed by atoms with van der Waals surface area (Å²) in [5.74, 6) is -0.0721. The molecule has 1 rings (SSSR count). The summed E-state index contributed by atoms with van der Waals surface area (Å²) < 4.78 is 0. The van der Waals surface area contributed by atoms with E-state index >= 15 is 0 Å². The van der Waals surface area contributed by atoms with Gasteiger partial charge in [-0.15, -0.1) is 12.4 Å². The molecule has 0 saturated heterocycles. The van der Waals surface area contributed by atoms with Gasteiger partial charge >= 0.3 is 0 Å². The van der Waals surface area contributed by atoms with E-state index in [0.29, 0.717) is 0 Å². The van der Waals surface area contributed by atoms with Crippen LogP contribution in [-0.2, 0) is 4.79 Å². The molecular weight excluding hydrogens is 248 g/mol. The number of benzene rings is 1. The summed E-state index contributed by atoms with van der Waals surface area (Å²) in [5, 5.41) is 0. The molecule has 4 heteroatoms. The molecule has 1 aromatic rings. The van der Waals surface area contributed by atoms with Crippen molar-refractivity contribution in [3.63, 3.8) is 0 Å². The average Bonchev–Trinajstić information content (AvgIpc) is 2.37. The molecule has 0 spiro atoms. The highest BCUT2D eigenvalue weighted by atomic mass is 35.5. The Labute approximate surface area is 116 Å². The molecule has 0 aliphatic heterocycles. The second-order valence-corrected chi connectivity index (χ2v) is 4.48. The number of nitrogens with zero attached hydrogens (tertiary/aromatic N) is 1. The van der Waals surface area contributed by atoms with E-state index in [2.05, 4.69) is 6.92 Å². The highest BCUT2D eigenvalue weighted by Crippen LogP contribution is 2.20. The lowest BCUT2D eigenvalue weighted by molar-refractivity contribution is -0.134. The van der Waals surface area contributed by atoms with Gasteiger partial charge < -0.3 is 10.6 Å². The van der Waals surface area contributed by atoms with Crippen molar-refractivity contribution in [1.82, 2.24) is 4.90 Å². The minimum Gasteiger partial charge on any atom is -0.345 e. The molecule has 0 fully saturated rings. The summed E-state index contributed by atoms with van der Waals surface area (Å²) >= 11 is 0. The molecular formula is C14H23ClN2O. The van der Waals surface area contributed by atoms with Gasteiger partial charge in [0.05, 0.1) is 5.92 Å². The number of rotatable bonds is 5. The number of carbonyl (C=O) groups excluding carboxylic acids is 1. The molecule has 18 heavy (non-hydrogen) atoms. The third-order valence-corrected chi connectivity index (χ3v) is 3.05. The Hall–Kier alpha value is -1.06. The maximum absolute atomic E-state index is 12.1. The zero-order valence-corrected chi connectivity index (χ0v) is 12.1. The van der Waals surface area contributed by atoms with Gasteiger partial charge in [-0.2, -0.15) is 0 Å². The van der Waals surface area contributed by atoms with Gasteiger partial charge in [0, 0.05) is 19.6 Å². The van der Waals surface area contributed by atoms with E-state index in [9.17, 15) is 4.79 Å². The first-order valence-electron chi connectivity index (χ1n) is 6.13. The minimum absolute atomic E-state index is 0. The lowest BCUT2D eigenvalue weighted by Crippen LogP contribution is -2.37. The van der Waals surface area contributed by atoms with Gasteiger partial charge in [-0.3, -0.25) is 4.79 Å². The largest absolute Gasteiger partial charge is 0.345 e. The highest BCUT2D eigenvalue weighted by Gasteiger charge is 2.24. The molecule has 0 aliphatic rings. The van der Waals surface area contributed by atoms with Crippen LogP contribution in [0.15, 0.2) is 30.3 Å². The van der Waals surface area contributed by atoms with Crippen molar-refractivity contribution >= 4 is 18.3 Å². The number of nitrogens with two attached hydrogens (primary N) is 1. The Balaban J connectivity index is 0.00000289. The second kappa shape index (κ2) is 8.11. The molecule has 3 nitrogen and oxygen atoms in total. The molecule has 102 valence electrons. The van der Waals surface area contributed by atoms with Crippen molar-refractivity contribution < 1.29 is 4.79 Å². The zero-order valence-electron chi connectivity index (χ0n) is 11.3. The van der Waals surface area contributed by atoms with E-state index in [-0.39, 0.29) is 30.3 Å². The first-order valence-corrected chi connectivity index (χ1v) is 6.13. The van der Waals surface area contributed by atoms with E-state index < -0.39 is 0 Å². The van der Waals surface area contributed by atoms with Crippen LogP contribution in [-0.4, -0.2) is 24.4 Å². The number of carbonyl (C=O) groups is 1. The van der Waals surface area contributed by atoms with Gasteiger partial charge in [0.25, 0.3) is 0 Å². The zero-order chi connectivity index (χ0) is 12.8. The SMILES string of the molecule is CCCN(C)C(=O)C(C)C(N)c1ccccc1.Cl. The van der Waals surface area contributed by atoms with E-state index in [1.807, 2.05) is 44.3 Å². The molecule has 0 saturated carbocycles. The fourth-order valence-electron chi connectivity index (χ4n) is 1.91. The van der Waals surface area contributed by atoms with Gasteiger partial charge in [-0.1, -0.05) is 44.2 Å². The maximum atomic E-state index is 12.1. The quantitative estimate of drug-likeness (QED) is 0.894. The van der Waals surface area contributed by atoms with Crippen LogP contribution in [0.3, 0.4) is 0 Å². The first kappa shape index (κ1) is 16.9. The molecule has 1 aromatic carbocycles. The van der Waals surface area contributed by atoms with E-state index in [0.717, 1.165) is 18.5 Å². The van der Waals surface area contributed by atoms with Crippen molar-refractivity contribution in [3.05, 3.63) is 35.9 Å². The predicted molar refractivity (Wildman–Crippen MR) is 77.7 cm³/mol. The van der Waals surface area contributed by atoms with E-state index in [4.69, 9.17) is 5.73 Å². The van der Waals surface area contributed by atoms with Crippen LogP contribution in [0.25, 0.3) is 0 Å². The molecule has 2 N–H and O–H groups in total. The summed E-state index contributed by atoms with van der Waals surface area (Å²) in [5.41, 5.74) is 7.14. The van der Waals surface area contributed by atoms with Gasteiger partial charge in [0.1, 0.15) is 0 Å². The summed E-state index contributed by atoms with van der Waals surface area (Å²) in [7, 11) is 1.83. The van der Waals surface area contributed by atoms with Crippen molar-refractivity contribution in [2.45, 2.75) is 26.3 Å². The topological polar surface area (TPSA) is 46.3 Å². The normalized spacial score (nSPS) is 13.3. The molecule has 2 unspecified atom stereocenters. The van der Waals surface area contributed by atoms with Crippen molar-refractivity contribution in [3.8, 4) is 0 Å². The summed E-state index contributed by atoms with van der Waals surface area (Å²) in [6.45, 7) is 4.74. The van der Waals surface area contributed by atoms with E-state index in [1.54, 1.807) is 4.90 Å². The predicted octanol–water partition coefficient (Wildman–Crippen LogP) is 2.61. The Morgan fingerprint density at radius 2 is 1.89 bits per heavy atom.